The lowest BCUT2D eigenvalue weighted by Crippen LogP contribution is -2.27. The fraction of sp³-hybridized carbons (Fsp3) is 0.250. The molecular formula is C8H8N2O3. The minimum atomic E-state index is -0.360. The van der Waals surface area contributed by atoms with Crippen LogP contribution in [0.5, 0.6) is 0 Å². The van der Waals surface area contributed by atoms with Crippen molar-refractivity contribution in [1.82, 2.24) is 10.2 Å². The molecule has 0 atom stereocenters. The molecule has 0 radical (unpaired) electrons. The Morgan fingerprint density at radius 2 is 2.38 bits per heavy atom. The number of urea groups is 1. The standard InChI is InChI=1S/C8H8N2O3/c11-7-5-10(8(12)9-7)4-6-2-1-3-13-6/h1-3H,4-5H2,(H,9,11,12). The molecule has 1 aliphatic heterocycles. The number of carbonyl (C=O) groups is 2. The third-order valence-electron chi connectivity index (χ3n) is 1.79. The Balaban J connectivity index is 2.03. The minimum Gasteiger partial charge on any atom is -0.467 e. The lowest BCUT2D eigenvalue weighted by molar-refractivity contribution is -0.118. The first kappa shape index (κ1) is 7.85. The second-order valence-electron chi connectivity index (χ2n) is 2.79. The van der Waals surface area contributed by atoms with Crippen molar-refractivity contribution >= 4 is 11.9 Å². The maximum atomic E-state index is 11.1. The van der Waals surface area contributed by atoms with Gasteiger partial charge in [0.05, 0.1) is 12.8 Å². The summed E-state index contributed by atoms with van der Waals surface area (Å²) in [7, 11) is 0. The van der Waals surface area contributed by atoms with Gasteiger partial charge in [0.1, 0.15) is 12.3 Å². The second kappa shape index (κ2) is 2.93. The summed E-state index contributed by atoms with van der Waals surface area (Å²) in [6.07, 6.45) is 1.53. The third-order valence-corrected chi connectivity index (χ3v) is 1.79. The minimum absolute atomic E-state index is 0.111. The SMILES string of the molecule is O=C1CN(Cc2ccco2)C(=O)N1. The van der Waals surface area contributed by atoms with Crippen LogP contribution < -0.4 is 5.32 Å². The van der Waals surface area contributed by atoms with Crippen LogP contribution in [-0.2, 0) is 11.3 Å². The van der Waals surface area contributed by atoms with Gasteiger partial charge in [-0.25, -0.2) is 4.79 Å². The van der Waals surface area contributed by atoms with Gasteiger partial charge in [0.2, 0.25) is 5.91 Å². The third kappa shape index (κ3) is 1.53. The fourth-order valence-corrected chi connectivity index (χ4v) is 1.20. The lowest BCUT2D eigenvalue weighted by Gasteiger charge is -2.09. The van der Waals surface area contributed by atoms with Crippen LogP contribution in [0.25, 0.3) is 0 Å². The van der Waals surface area contributed by atoms with Gasteiger partial charge >= 0.3 is 6.03 Å². The van der Waals surface area contributed by atoms with Crippen molar-refractivity contribution in [2.75, 3.05) is 6.54 Å². The molecule has 0 saturated carbocycles. The van der Waals surface area contributed by atoms with Crippen molar-refractivity contribution in [3.8, 4) is 0 Å². The molecule has 1 aliphatic rings. The van der Waals surface area contributed by atoms with Crippen LogP contribution >= 0.6 is 0 Å². The van der Waals surface area contributed by atoms with Crippen molar-refractivity contribution in [2.24, 2.45) is 0 Å². The largest absolute Gasteiger partial charge is 0.467 e. The summed E-state index contributed by atoms with van der Waals surface area (Å²) >= 11 is 0. The molecule has 1 aromatic heterocycles. The van der Waals surface area contributed by atoms with Gasteiger partial charge in [-0.2, -0.15) is 0 Å². The number of hydrogen-bond donors (Lipinski definition) is 1. The monoisotopic (exact) mass is 180 g/mol. The first-order chi connectivity index (χ1) is 6.25. The Morgan fingerprint density at radius 3 is 2.92 bits per heavy atom. The molecule has 0 aromatic carbocycles. The van der Waals surface area contributed by atoms with Gasteiger partial charge in [-0.15, -0.1) is 0 Å². The summed E-state index contributed by atoms with van der Waals surface area (Å²) in [5.41, 5.74) is 0. The quantitative estimate of drug-likeness (QED) is 0.667. The van der Waals surface area contributed by atoms with Crippen molar-refractivity contribution in [1.29, 1.82) is 0 Å². The first-order valence-electron chi connectivity index (χ1n) is 3.87. The van der Waals surface area contributed by atoms with E-state index in [2.05, 4.69) is 5.32 Å². The normalized spacial score (nSPS) is 16.5. The molecule has 5 heteroatoms. The van der Waals surface area contributed by atoms with E-state index >= 15 is 0 Å². The zero-order valence-electron chi connectivity index (χ0n) is 6.82. The molecule has 0 aliphatic carbocycles. The number of nitrogens with zero attached hydrogens (tertiary/aromatic N) is 1. The topological polar surface area (TPSA) is 62.6 Å². The zero-order valence-corrected chi connectivity index (χ0v) is 6.82. The first-order valence-corrected chi connectivity index (χ1v) is 3.87. The molecule has 0 spiro atoms. The average Bonchev–Trinajstić information content (AvgIpc) is 2.63. The molecule has 1 N–H and O–H groups in total. The van der Waals surface area contributed by atoms with Gasteiger partial charge in [-0.3, -0.25) is 10.1 Å². The van der Waals surface area contributed by atoms with Gasteiger partial charge in [-0.05, 0) is 12.1 Å². The molecule has 0 unspecified atom stereocenters. The van der Waals surface area contributed by atoms with E-state index in [1.807, 2.05) is 0 Å². The number of amides is 3. The van der Waals surface area contributed by atoms with Gasteiger partial charge in [-0.1, -0.05) is 0 Å². The Bertz CT molecular complexity index is 331. The Hall–Kier alpha value is -1.78. The molecule has 2 heterocycles. The van der Waals surface area contributed by atoms with E-state index < -0.39 is 0 Å². The number of hydrogen-bond acceptors (Lipinski definition) is 3. The van der Waals surface area contributed by atoms with E-state index in [0.717, 1.165) is 0 Å². The molecule has 1 aromatic rings. The van der Waals surface area contributed by atoms with E-state index in [0.29, 0.717) is 12.3 Å². The van der Waals surface area contributed by atoms with Crippen molar-refractivity contribution in [3.05, 3.63) is 24.2 Å². The predicted molar refractivity (Wildman–Crippen MR) is 42.7 cm³/mol. The Kier molecular flexibility index (Phi) is 1.77. The van der Waals surface area contributed by atoms with E-state index in [4.69, 9.17) is 4.42 Å². The van der Waals surface area contributed by atoms with Crippen LogP contribution in [0.2, 0.25) is 0 Å². The number of rotatable bonds is 2. The summed E-state index contributed by atoms with van der Waals surface area (Å²) in [6.45, 7) is 0.449. The van der Waals surface area contributed by atoms with Crippen molar-refractivity contribution in [3.63, 3.8) is 0 Å². The Morgan fingerprint density at radius 1 is 1.54 bits per heavy atom. The summed E-state index contributed by atoms with van der Waals surface area (Å²) in [6, 6.07) is 3.14. The summed E-state index contributed by atoms with van der Waals surface area (Å²) in [5.74, 6) is 0.404. The fourth-order valence-electron chi connectivity index (χ4n) is 1.20. The summed E-state index contributed by atoms with van der Waals surface area (Å²) < 4.78 is 5.05. The van der Waals surface area contributed by atoms with Crippen LogP contribution in [0, 0.1) is 0 Å². The molecule has 3 amide bonds. The summed E-state index contributed by atoms with van der Waals surface area (Å²) in [5, 5.41) is 2.19. The number of furan rings is 1. The van der Waals surface area contributed by atoms with Crippen LogP contribution in [0.1, 0.15) is 5.76 Å². The lowest BCUT2D eigenvalue weighted by atomic mass is 10.4. The highest BCUT2D eigenvalue weighted by molar-refractivity contribution is 6.01. The van der Waals surface area contributed by atoms with Gasteiger partial charge < -0.3 is 9.32 Å². The maximum absolute atomic E-state index is 11.1. The molecule has 1 saturated heterocycles. The maximum Gasteiger partial charge on any atom is 0.324 e. The van der Waals surface area contributed by atoms with Crippen LogP contribution in [0.3, 0.4) is 0 Å². The Labute approximate surface area is 74.3 Å². The molecule has 13 heavy (non-hydrogen) atoms. The number of imide groups is 1. The molecule has 0 bridgehead atoms. The molecule has 68 valence electrons. The highest BCUT2D eigenvalue weighted by Crippen LogP contribution is 2.07. The van der Waals surface area contributed by atoms with Gasteiger partial charge in [0, 0.05) is 0 Å². The molecule has 5 nitrogen and oxygen atoms in total. The van der Waals surface area contributed by atoms with Gasteiger partial charge in [0.25, 0.3) is 0 Å². The van der Waals surface area contributed by atoms with Gasteiger partial charge in [0.15, 0.2) is 0 Å². The van der Waals surface area contributed by atoms with E-state index in [-0.39, 0.29) is 18.5 Å². The number of nitrogens with one attached hydrogen (secondary N) is 1. The average molecular weight is 180 g/mol. The number of carbonyl (C=O) groups excluding carboxylic acids is 2. The summed E-state index contributed by atoms with van der Waals surface area (Å²) in [4.78, 5) is 23.2. The van der Waals surface area contributed by atoms with Crippen molar-refractivity contribution < 1.29 is 14.0 Å². The molecule has 2 rings (SSSR count). The zero-order chi connectivity index (χ0) is 9.26. The van der Waals surface area contributed by atoms with E-state index in [1.165, 1.54) is 11.2 Å². The molecule has 1 fully saturated rings. The van der Waals surface area contributed by atoms with Crippen LogP contribution in [0.4, 0.5) is 4.79 Å². The van der Waals surface area contributed by atoms with E-state index in [9.17, 15) is 9.59 Å². The molecular weight excluding hydrogens is 172 g/mol. The van der Waals surface area contributed by atoms with Crippen molar-refractivity contribution in [2.45, 2.75) is 6.54 Å². The second-order valence-corrected chi connectivity index (χ2v) is 2.79. The predicted octanol–water partition coefficient (Wildman–Crippen LogP) is 0.331. The van der Waals surface area contributed by atoms with Crippen LogP contribution in [-0.4, -0.2) is 23.4 Å². The highest BCUT2D eigenvalue weighted by atomic mass is 16.3. The highest BCUT2D eigenvalue weighted by Gasteiger charge is 2.26. The smallest absolute Gasteiger partial charge is 0.324 e. The van der Waals surface area contributed by atoms with Crippen LogP contribution in [0.15, 0.2) is 22.8 Å². The van der Waals surface area contributed by atoms with E-state index in [1.54, 1.807) is 12.1 Å².